The Kier molecular flexibility index (Phi) is 9.75. The van der Waals surface area contributed by atoms with Crippen molar-refractivity contribution in [3.63, 3.8) is 0 Å². The molecule has 0 aromatic carbocycles. The van der Waals surface area contributed by atoms with Crippen LogP contribution in [-0.2, 0) is 0 Å². The van der Waals surface area contributed by atoms with E-state index < -0.39 is 0 Å². The van der Waals surface area contributed by atoms with Gasteiger partial charge >= 0.3 is 0 Å². The van der Waals surface area contributed by atoms with Gasteiger partial charge in [-0.15, -0.1) is 0 Å². The molecule has 0 heteroatoms. The second-order valence-corrected chi connectivity index (χ2v) is 16.3. The lowest BCUT2D eigenvalue weighted by molar-refractivity contribution is 0.224. The second kappa shape index (κ2) is 14.0. The van der Waals surface area contributed by atoms with Gasteiger partial charge in [0, 0.05) is 0 Å². The molecule has 0 aromatic rings. The summed E-state index contributed by atoms with van der Waals surface area (Å²) in [5.41, 5.74) is 0. The molecule has 8 atom stereocenters. The molecule has 6 fully saturated rings. The van der Waals surface area contributed by atoms with Crippen LogP contribution in [0.25, 0.3) is 0 Å². The molecule has 14 aliphatic rings. The van der Waals surface area contributed by atoms with Crippen molar-refractivity contribution >= 4 is 0 Å². The molecule has 0 N–H and O–H groups in total. The SMILES string of the molecule is C1=CC2CC(C1)C2.C1=CC2CC(C1)C2.C1=CC2CC2CC1.C1=CC2CCC1C2.C1=CC2CCC2C1.C1=CCC2CC2C1. The fourth-order valence-corrected chi connectivity index (χ4v) is 9.34. The van der Waals surface area contributed by atoms with Crippen molar-refractivity contribution in [3.8, 4) is 0 Å². The Morgan fingerprint density at radius 2 is 0.905 bits per heavy atom. The zero-order valence-corrected chi connectivity index (χ0v) is 26.6. The molecule has 0 spiro atoms. The quantitative estimate of drug-likeness (QED) is 0.257. The molecule has 0 aliphatic heterocycles. The Balaban J connectivity index is 0.0000000823. The molecule has 8 unspecified atom stereocenters. The van der Waals surface area contributed by atoms with Crippen LogP contribution in [0.5, 0.6) is 0 Å². The van der Waals surface area contributed by atoms with Crippen LogP contribution in [0.3, 0.4) is 0 Å². The number of fused-ring (bicyclic) bond motifs is 7. The smallest absolute Gasteiger partial charge is 0.0202 e. The molecule has 14 rings (SSSR count). The molecule has 0 nitrogen and oxygen atoms in total. The zero-order chi connectivity index (χ0) is 28.1. The van der Waals surface area contributed by atoms with Crippen molar-refractivity contribution < 1.29 is 0 Å². The summed E-state index contributed by atoms with van der Waals surface area (Å²) in [4.78, 5) is 0. The molecule has 0 aromatic heterocycles. The number of allylic oxidation sites excluding steroid dienone is 12. The van der Waals surface area contributed by atoms with Crippen LogP contribution in [0, 0.1) is 71.0 Å². The van der Waals surface area contributed by atoms with Crippen LogP contribution in [0.1, 0.15) is 116 Å². The summed E-state index contributed by atoms with van der Waals surface area (Å²) >= 11 is 0. The predicted octanol–water partition coefficient (Wildman–Crippen LogP) is 11.8. The van der Waals surface area contributed by atoms with Crippen molar-refractivity contribution in [3.05, 3.63) is 72.9 Å². The lowest BCUT2D eigenvalue weighted by Gasteiger charge is -2.36. The van der Waals surface area contributed by atoms with E-state index in [1.54, 1.807) is 0 Å². The van der Waals surface area contributed by atoms with Crippen molar-refractivity contribution in [2.45, 2.75) is 116 Å². The van der Waals surface area contributed by atoms with Gasteiger partial charge in [0.15, 0.2) is 0 Å². The van der Waals surface area contributed by atoms with Crippen molar-refractivity contribution in [1.29, 1.82) is 0 Å². The predicted molar refractivity (Wildman–Crippen MR) is 180 cm³/mol. The van der Waals surface area contributed by atoms with E-state index in [0.717, 1.165) is 71.0 Å². The van der Waals surface area contributed by atoms with E-state index in [1.165, 1.54) is 116 Å². The minimum atomic E-state index is 0.991. The van der Waals surface area contributed by atoms with E-state index in [2.05, 4.69) is 72.9 Å². The molecule has 0 saturated heterocycles. The lowest BCUT2D eigenvalue weighted by atomic mass is 9.69. The van der Waals surface area contributed by atoms with Gasteiger partial charge in [0.05, 0.1) is 0 Å². The molecule has 42 heavy (non-hydrogen) atoms. The number of hydrogen-bond acceptors (Lipinski definition) is 0. The first-order valence-electron chi connectivity index (χ1n) is 18.7. The molecule has 14 aliphatic carbocycles. The third-order valence-electron chi connectivity index (χ3n) is 12.9. The largest absolute Gasteiger partial charge is 0.0882 e. The van der Waals surface area contributed by atoms with Crippen molar-refractivity contribution in [2.75, 3.05) is 0 Å². The van der Waals surface area contributed by atoms with E-state index in [1.807, 2.05) is 0 Å². The van der Waals surface area contributed by atoms with Gasteiger partial charge in [-0.2, -0.15) is 0 Å². The van der Waals surface area contributed by atoms with Crippen LogP contribution in [0.15, 0.2) is 72.9 Å². The molecule has 0 amide bonds. The van der Waals surface area contributed by atoms with E-state index in [9.17, 15) is 0 Å². The average molecular weight is 565 g/mol. The first-order chi connectivity index (χ1) is 20.7. The molecular formula is C42H60. The first-order valence-corrected chi connectivity index (χ1v) is 18.7. The monoisotopic (exact) mass is 564 g/mol. The van der Waals surface area contributed by atoms with E-state index in [4.69, 9.17) is 0 Å². The Hall–Kier alpha value is -1.56. The van der Waals surface area contributed by atoms with Gasteiger partial charge in [-0.3, -0.25) is 0 Å². The molecule has 0 heterocycles. The summed E-state index contributed by atoms with van der Waals surface area (Å²) < 4.78 is 0. The Morgan fingerprint density at radius 1 is 0.310 bits per heavy atom. The van der Waals surface area contributed by atoms with Crippen molar-refractivity contribution in [2.24, 2.45) is 71.0 Å². The second-order valence-electron chi connectivity index (χ2n) is 16.3. The summed E-state index contributed by atoms with van der Waals surface area (Å²) in [6.07, 6.45) is 54.4. The maximum absolute atomic E-state index is 2.38. The number of hydrogen-bond donors (Lipinski definition) is 0. The summed E-state index contributed by atoms with van der Waals surface area (Å²) in [6, 6.07) is 0. The molecule has 228 valence electrons. The van der Waals surface area contributed by atoms with E-state index in [-0.39, 0.29) is 0 Å². The van der Waals surface area contributed by atoms with Gasteiger partial charge in [0.1, 0.15) is 0 Å². The first kappa shape index (κ1) is 29.2. The molecule has 6 bridgehead atoms. The zero-order valence-electron chi connectivity index (χ0n) is 26.6. The van der Waals surface area contributed by atoms with Gasteiger partial charge in [0.2, 0.25) is 0 Å². The molecular weight excluding hydrogens is 504 g/mol. The third-order valence-corrected chi connectivity index (χ3v) is 12.9. The van der Waals surface area contributed by atoms with Crippen LogP contribution in [0.2, 0.25) is 0 Å². The summed E-state index contributed by atoms with van der Waals surface area (Å²) in [5, 5.41) is 0. The maximum atomic E-state index is 2.38. The van der Waals surface area contributed by atoms with Gasteiger partial charge in [-0.25, -0.2) is 0 Å². The van der Waals surface area contributed by atoms with Crippen LogP contribution >= 0.6 is 0 Å². The van der Waals surface area contributed by atoms with Crippen molar-refractivity contribution in [1.82, 2.24) is 0 Å². The van der Waals surface area contributed by atoms with Gasteiger partial charge in [-0.1, -0.05) is 72.9 Å². The fourth-order valence-electron chi connectivity index (χ4n) is 9.34. The Labute approximate surface area is 259 Å². The van der Waals surface area contributed by atoms with Crippen LogP contribution < -0.4 is 0 Å². The van der Waals surface area contributed by atoms with Gasteiger partial charge < -0.3 is 0 Å². The van der Waals surface area contributed by atoms with E-state index in [0.29, 0.717) is 0 Å². The van der Waals surface area contributed by atoms with Gasteiger partial charge in [0.25, 0.3) is 0 Å². The summed E-state index contributed by atoms with van der Waals surface area (Å²) in [5.74, 6) is 12.6. The summed E-state index contributed by atoms with van der Waals surface area (Å²) in [6.45, 7) is 0. The Bertz CT molecular complexity index is 978. The standard InChI is InChI=1S/6C7H10/c1-2-7-4-3-6(1)5-7;2*1-2-6-4-7(3-1)5-6;1-2-6-4-5-7(6)3-1;2*1-2-4-7-5-6(7)3-1/h4*1-2,6-7H,3-5H2;1,3,6-7H,2,4-5H2;1-2,6-7H,3-5H2. The highest BCUT2D eigenvalue weighted by Gasteiger charge is 2.36. The normalized spacial score (nSPS) is 45.7. The van der Waals surface area contributed by atoms with Crippen LogP contribution in [-0.4, -0.2) is 0 Å². The lowest BCUT2D eigenvalue weighted by Crippen LogP contribution is -2.24. The molecule has 6 saturated carbocycles. The Morgan fingerprint density at radius 3 is 1.17 bits per heavy atom. The third kappa shape index (κ3) is 8.12. The van der Waals surface area contributed by atoms with Crippen LogP contribution in [0.4, 0.5) is 0 Å². The topological polar surface area (TPSA) is 0 Å². The summed E-state index contributed by atoms with van der Waals surface area (Å²) in [7, 11) is 0. The minimum absolute atomic E-state index is 0.991. The maximum Gasteiger partial charge on any atom is -0.0202 e. The minimum Gasteiger partial charge on any atom is -0.0882 e. The average Bonchev–Trinajstić information content (AvgIpc) is 3.85. The highest BCUT2D eigenvalue weighted by Crippen LogP contribution is 2.47. The van der Waals surface area contributed by atoms with Gasteiger partial charge in [-0.05, 0) is 187 Å². The fraction of sp³-hybridized carbons (Fsp3) is 0.714. The van der Waals surface area contributed by atoms with E-state index >= 15 is 0 Å². The number of rotatable bonds is 0. The highest BCUT2D eigenvalue weighted by molar-refractivity contribution is 5.08. The highest BCUT2D eigenvalue weighted by atomic mass is 14.4. The molecule has 0 radical (unpaired) electrons.